The average molecular weight is 376 g/mol. The number of pyridine rings is 1. The van der Waals surface area contributed by atoms with Gasteiger partial charge >= 0.3 is 0 Å². The molecule has 0 saturated heterocycles. The Bertz CT molecular complexity index is 724. The second-order valence-corrected chi connectivity index (χ2v) is 6.40. The molecule has 140 valence electrons. The van der Waals surface area contributed by atoms with E-state index in [-0.39, 0.29) is 11.7 Å². The number of hydrogen-bond donors (Lipinski definition) is 1. The highest BCUT2D eigenvalue weighted by Gasteiger charge is 2.09. The monoisotopic (exact) mass is 376 g/mol. The minimum absolute atomic E-state index is 0.102. The zero-order valence-electron chi connectivity index (χ0n) is 15.1. The van der Waals surface area contributed by atoms with Gasteiger partial charge in [-0.05, 0) is 55.8 Å². The molecule has 1 aromatic carbocycles. The number of carbonyl (C=O) groups excluding carboxylic acids is 1. The molecule has 0 atom stereocenters. The molecular weight excluding hydrogens is 352 g/mol. The molecule has 0 aliphatic rings. The zero-order chi connectivity index (χ0) is 18.8. The number of thioether (sulfide) groups is 1. The van der Waals surface area contributed by atoms with Crippen molar-refractivity contribution in [3.8, 4) is 11.5 Å². The summed E-state index contributed by atoms with van der Waals surface area (Å²) in [5.74, 6) is 1.56. The Morgan fingerprint density at radius 3 is 2.65 bits per heavy atom. The topological polar surface area (TPSA) is 74.5 Å². The summed E-state index contributed by atoms with van der Waals surface area (Å²) in [4.78, 5) is 11.9. The van der Waals surface area contributed by atoms with E-state index in [4.69, 9.17) is 9.47 Å². The molecule has 1 amide bonds. The van der Waals surface area contributed by atoms with Crippen LogP contribution in [-0.2, 0) is 11.2 Å². The van der Waals surface area contributed by atoms with E-state index in [1.807, 2.05) is 32.0 Å². The summed E-state index contributed by atoms with van der Waals surface area (Å²) >= 11 is 1.22. The summed E-state index contributed by atoms with van der Waals surface area (Å²) in [6.45, 7) is 5.53. The lowest BCUT2D eigenvalue weighted by atomic mass is 10.1. The molecule has 0 bridgehead atoms. The van der Waals surface area contributed by atoms with Gasteiger partial charge in [0.2, 0.25) is 5.91 Å². The summed E-state index contributed by atoms with van der Waals surface area (Å²) in [5, 5.41) is 14.9. The van der Waals surface area contributed by atoms with Crippen molar-refractivity contribution in [1.82, 2.24) is 5.32 Å². The van der Waals surface area contributed by atoms with Crippen LogP contribution in [0.15, 0.2) is 47.6 Å². The third-order valence-electron chi connectivity index (χ3n) is 3.48. The van der Waals surface area contributed by atoms with Crippen LogP contribution in [0.5, 0.6) is 11.5 Å². The molecule has 0 aliphatic carbocycles. The third-order valence-corrected chi connectivity index (χ3v) is 4.50. The fraction of sp³-hybridized carbons (Fsp3) is 0.368. The third kappa shape index (κ3) is 6.15. The van der Waals surface area contributed by atoms with Crippen molar-refractivity contribution >= 4 is 17.7 Å². The first-order valence-electron chi connectivity index (χ1n) is 8.60. The molecular formula is C19H24N2O4S. The van der Waals surface area contributed by atoms with Gasteiger partial charge in [0.15, 0.2) is 17.7 Å². The van der Waals surface area contributed by atoms with Gasteiger partial charge in [0.1, 0.15) is 0 Å². The van der Waals surface area contributed by atoms with E-state index in [1.54, 1.807) is 18.2 Å². The summed E-state index contributed by atoms with van der Waals surface area (Å²) in [6.07, 6.45) is 2.11. The molecule has 0 unspecified atom stereocenters. The van der Waals surface area contributed by atoms with Crippen molar-refractivity contribution < 1.29 is 19.0 Å². The highest BCUT2D eigenvalue weighted by atomic mass is 32.2. The van der Waals surface area contributed by atoms with Crippen LogP contribution in [-0.4, -0.2) is 31.4 Å². The average Bonchev–Trinajstić information content (AvgIpc) is 2.63. The summed E-state index contributed by atoms with van der Waals surface area (Å²) < 4.78 is 11.9. The van der Waals surface area contributed by atoms with E-state index in [2.05, 4.69) is 5.32 Å². The fourth-order valence-corrected chi connectivity index (χ4v) is 3.06. The second kappa shape index (κ2) is 10.6. The van der Waals surface area contributed by atoms with E-state index in [0.29, 0.717) is 31.2 Å². The van der Waals surface area contributed by atoms with Gasteiger partial charge in [-0.1, -0.05) is 6.07 Å². The molecule has 2 rings (SSSR count). The van der Waals surface area contributed by atoms with Crippen LogP contribution in [0.1, 0.15) is 19.4 Å². The van der Waals surface area contributed by atoms with E-state index in [1.165, 1.54) is 18.0 Å². The highest BCUT2D eigenvalue weighted by Crippen LogP contribution is 2.28. The summed E-state index contributed by atoms with van der Waals surface area (Å²) in [6, 6.07) is 10.9. The molecule has 26 heavy (non-hydrogen) atoms. The van der Waals surface area contributed by atoms with Crippen molar-refractivity contribution in [2.45, 2.75) is 25.3 Å². The Morgan fingerprint density at radius 1 is 1.15 bits per heavy atom. The number of nitrogens with one attached hydrogen (secondary N) is 1. The first-order valence-corrected chi connectivity index (χ1v) is 9.58. The predicted molar refractivity (Wildman–Crippen MR) is 102 cm³/mol. The number of ether oxygens (including phenoxy) is 2. The second-order valence-electron chi connectivity index (χ2n) is 5.40. The van der Waals surface area contributed by atoms with Crippen LogP contribution in [0.25, 0.3) is 0 Å². The number of benzene rings is 1. The van der Waals surface area contributed by atoms with E-state index in [9.17, 15) is 10.0 Å². The molecule has 1 N–H and O–H groups in total. The van der Waals surface area contributed by atoms with Gasteiger partial charge in [0, 0.05) is 18.7 Å². The number of carbonyl (C=O) groups is 1. The number of aromatic nitrogens is 1. The van der Waals surface area contributed by atoms with E-state index < -0.39 is 0 Å². The van der Waals surface area contributed by atoms with Gasteiger partial charge in [-0.15, -0.1) is 0 Å². The molecule has 0 aliphatic heterocycles. The van der Waals surface area contributed by atoms with Crippen molar-refractivity contribution in [2.75, 3.05) is 25.5 Å². The number of hydrogen-bond acceptors (Lipinski definition) is 5. The Balaban J connectivity index is 1.80. The summed E-state index contributed by atoms with van der Waals surface area (Å²) in [5.41, 5.74) is 1.06. The number of rotatable bonds is 10. The first-order chi connectivity index (χ1) is 12.6. The molecule has 0 saturated carbocycles. The Labute approximate surface area is 158 Å². The normalized spacial score (nSPS) is 10.4. The van der Waals surface area contributed by atoms with Crippen molar-refractivity contribution in [3.05, 3.63) is 53.4 Å². The van der Waals surface area contributed by atoms with Gasteiger partial charge in [0.05, 0.1) is 19.0 Å². The van der Waals surface area contributed by atoms with Gasteiger partial charge in [-0.25, -0.2) is 0 Å². The number of nitrogens with zero attached hydrogens (tertiary/aromatic N) is 1. The SMILES string of the molecule is CCOc1ccc(CCNC(=O)CSc2cccc[n+]2[O-])cc1OCC. The van der Waals surface area contributed by atoms with Crippen molar-refractivity contribution in [3.63, 3.8) is 0 Å². The van der Waals surface area contributed by atoms with Crippen LogP contribution >= 0.6 is 11.8 Å². The minimum Gasteiger partial charge on any atom is -0.618 e. The Morgan fingerprint density at radius 2 is 1.92 bits per heavy atom. The maximum absolute atomic E-state index is 11.9. The van der Waals surface area contributed by atoms with Crippen LogP contribution < -0.4 is 19.5 Å². The van der Waals surface area contributed by atoms with Gasteiger partial charge < -0.3 is 20.0 Å². The van der Waals surface area contributed by atoms with Crippen molar-refractivity contribution in [1.29, 1.82) is 0 Å². The molecule has 0 radical (unpaired) electrons. The van der Waals surface area contributed by atoms with Crippen LogP contribution in [0.3, 0.4) is 0 Å². The molecule has 6 nitrogen and oxygen atoms in total. The van der Waals surface area contributed by atoms with Crippen LogP contribution in [0.4, 0.5) is 0 Å². The van der Waals surface area contributed by atoms with Crippen molar-refractivity contribution in [2.24, 2.45) is 0 Å². The van der Waals surface area contributed by atoms with Gasteiger partial charge in [-0.3, -0.25) is 4.79 Å². The zero-order valence-corrected chi connectivity index (χ0v) is 15.9. The lowest BCUT2D eigenvalue weighted by Crippen LogP contribution is -2.30. The lowest BCUT2D eigenvalue weighted by Gasteiger charge is -2.12. The smallest absolute Gasteiger partial charge is 0.251 e. The summed E-state index contributed by atoms with van der Waals surface area (Å²) in [7, 11) is 0. The minimum atomic E-state index is -0.102. The maximum atomic E-state index is 11.9. The van der Waals surface area contributed by atoms with Gasteiger partial charge in [-0.2, -0.15) is 4.73 Å². The molecule has 1 aromatic heterocycles. The Hall–Kier alpha value is -2.41. The van der Waals surface area contributed by atoms with E-state index in [0.717, 1.165) is 21.8 Å². The molecule has 0 fully saturated rings. The standard InChI is InChI=1S/C19H24N2O4S/c1-3-24-16-9-8-15(13-17(16)25-4-2)10-11-20-18(22)14-26-19-7-5-6-12-21(19)23/h5-9,12-13H,3-4,10-11,14H2,1-2H3,(H,20,22). The van der Waals surface area contributed by atoms with Crippen LogP contribution in [0, 0.1) is 5.21 Å². The molecule has 1 heterocycles. The fourth-order valence-electron chi connectivity index (χ4n) is 2.31. The molecule has 2 aromatic rings. The first kappa shape index (κ1) is 19.9. The highest BCUT2D eigenvalue weighted by molar-refractivity contribution is 7.99. The maximum Gasteiger partial charge on any atom is 0.251 e. The predicted octanol–water partition coefficient (Wildman–Crippen LogP) is 2.57. The van der Waals surface area contributed by atoms with Gasteiger partial charge in [0.25, 0.3) is 5.03 Å². The number of amides is 1. The molecule has 0 spiro atoms. The Kier molecular flexibility index (Phi) is 8.08. The quantitative estimate of drug-likeness (QED) is 0.392. The largest absolute Gasteiger partial charge is 0.618 e. The van der Waals surface area contributed by atoms with E-state index >= 15 is 0 Å². The molecule has 7 heteroatoms. The van der Waals surface area contributed by atoms with Crippen LogP contribution in [0.2, 0.25) is 0 Å². The lowest BCUT2D eigenvalue weighted by molar-refractivity contribution is -0.645.